The molecule has 0 aliphatic rings. The van der Waals surface area contributed by atoms with E-state index in [1.807, 2.05) is 0 Å². The number of hydrogen-bond acceptors (Lipinski definition) is 3. The highest BCUT2D eigenvalue weighted by atomic mass is 35.5. The molecule has 0 aliphatic carbocycles. The van der Waals surface area contributed by atoms with Crippen LogP contribution in [0.2, 0.25) is 0 Å². The van der Waals surface area contributed by atoms with E-state index in [4.69, 9.17) is 21.1 Å². The van der Waals surface area contributed by atoms with E-state index < -0.39 is 40.5 Å². The monoisotopic (exact) mass is 380 g/mol. The van der Waals surface area contributed by atoms with Crippen LogP contribution in [0.3, 0.4) is 0 Å². The molecule has 0 saturated carbocycles. The van der Waals surface area contributed by atoms with Gasteiger partial charge in [-0.25, -0.2) is 8.78 Å². The lowest BCUT2D eigenvalue weighted by Crippen LogP contribution is -2.18. The number of halogens is 6. The SMILES string of the molecule is CC(Oc1cccc(Oc2c(F)cc(C(F)(F)F)cc2F)c1)C(=O)Cl. The normalized spacial score (nSPS) is 12.6. The summed E-state index contributed by atoms with van der Waals surface area (Å²) < 4.78 is 75.3. The second kappa shape index (κ2) is 7.26. The van der Waals surface area contributed by atoms with Gasteiger partial charge in [0.2, 0.25) is 0 Å². The number of hydrogen-bond donors (Lipinski definition) is 0. The van der Waals surface area contributed by atoms with E-state index in [1.165, 1.54) is 31.2 Å². The molecule has 3 nitrogen and oxygen atoms in total. The van der Waals surface area contributed by atoms with Gasteiger partial charge < -0.3 is 9.47 Å². The first kappa shape index (κ1) is 19.0. The Balaban J connectivity index is 2.27. The number of alkyl halides is 3. The fourth-order valence-corrected chi connectivity index (χ4v) is 1.84. The Morgan fingerprint density at radius 2 is 1.64 bits per heavy atom. The Morgan fingerprint density at radius 3 is 2.16 bits per heavy atom. The third-order valence-corrected chi connectivity index (χ3v) is 3.29. The molecule has 25 heavy (non-hydrogen) atoms. The van der Waals surface area contributed by atoms with Crippen molar-refractivity contribution in [2.24, 2.45) is 0 Å². The molecule has 0 bridgehead atoms. The summed E-state index contributed by atoms with van der Waals surface area (Å²) in [5.41, 5.74) is -1.47. The molecule has 9 heteroatoms. The molecular weight excluding hydrogens is 371 g/mol. The summed E-state index contributed by atoms with van der Waals surface area (Å²) in [4.78, 5) is 10.9. The first-order valence-corrected chi connectivity index (χ1v) is 7.16. The largest absolute Gasteiger partial charge is 0.481 e. The van der Waals surface area contributed by atoms with Crippen LogP contribution in [0.5, 0.6) is 17.2 Å². The average Bonchev–Trinajstić information content (AvgIpc) is 2.50. The lowest BCUT2D eigenvalue weighted by atomic mass is 10.2. The molecule has 134 valence electrons. The van der Waals surface area contributed by atoms with Gasteiger partial charge in [-0.2, -0.15) is 13.2 Å². The second-order valence-corrected chi connectivity index (χ2v) is 5.28. The number of carbonyl (C=O) groups excluding carboxylic acids is 1. The molecule has 2 aromatic carbocycles. The van der Waals surface area contributed by atoms with E-state index in [0.717, 1.165) is 0 Å². The van der Waals surface area contributed by atoms with Gasteiger partial charge >= 0.3 is 6.18 Å². The van der Waals surface area contributed by atoms with Crippen molar-refractivity contribution >= 4 is 16.8 Å². The molecule has 2 aromatic rings. The van der Waals surface area contributed by atoms with Crippen LogP contribution in [-0.4, -0.2) is 11.3 Å². The first-order valence-electron chi connectivity index (χ1n) is 6.78. The Hall–Kier alpha value is -2.35. The standard InChI is InChI=1S/C16H10ClF5O3/c1-8(15(17)23)24-10-3-2-4-11(7-10)25-14-12(18)5-9(6-13(14)19)16(20,21)22/h2-8H,1H3. The zero-order valence-corrected chi connectivity index (χ0v) is 13.3. The van der Waals surface area contributed by atoms with Gasteiger partial charge in [-0.1, -0.05) is 6.07 Å². The topological polar surface area (TPSA) is 35.5 Å². The zero-order valence-electron chi connectivity index (χ0n) is 12.5. The summed E-state index contributed by atoms with van der Waals surface area (Å²) in [6.45, 7) is 1.39. The molecular formula is C16H10ClF5O3. The lowest BCUT2D eigenvalue weighted by molar-refractivity contribution is -0.138. The van der Waals surface area contributed by atoms with Crippen molar-refractivity contribution in [2.75, 3.05) is 0 Å². The van der Waals surface area contributed by atoms with Crippen molar-refractivity contribution in [1.29, 1.82) is 0 Å². The second-order valence-electron chi connectivity index (χ2n) is 4.91. The summed E-state index contributed by atoms with van der Waals surface area (Å²) in [6.07, 6.45) is -5.87. The fourth-order valence-electron chi connectivity index (χ4n) is 1.80. The van der Waals surface area contributed by atoms with Crippen molar-refractivity contribution in [2.45, 2.75) is 19.2 Å². The Kier molecular flexibility index (Phi) is 5.52. The molecule has 0 fully saturated rings. The van der Waals surface area contributed by atoms with Gasteiger partial charge in [-0.15, -0.1) is 0 Å². The molecule has 1 unspecified atom stereocenters. The maximum atomic E-state index is 13.8. The van der Waals surface area contributed by atoms with Crippen molar-refractivity contribution in [3.05, 3.63) is 53.6 Å². The molecule has 0 heterocycles. The van der Waals surface area contributed by atoms with Crippen LogP contribution in [0.4, 0.5) is 22.0 Å². The maximum Gasteiger partial charge on any atom is 0.416 e. The highest BCUT2D eigenvalue weighted by Crippen LogP contribution is 2.36. The molecule has 2 rings (SSSR count). The van der Waals surface area contributed by atoms with E-state index in [-0.39, 0.29) is 23.6 Å². The van der Waals surface area contributed by atoms with Crippen molar-refractivity contribution < 1.29 is 36.2 Å². The summed E-state index contributed by atoms with van der Waals surface area (Å²) >= 11 is 5.25. The summed E-state index contributed by atoms with van der Waals surface area (Å²) in [5.74, 6) is -4.01. The van der Waals surface area contributed by atoms with Gasteiger partial charge in [-0.3, -0.25) is 4.79 Å². The number of carbonyl (C=O) groups is 1. The fraction of sp³-hybridized carbons (Fsp3) is 0.188. The van der Waals surface area contributed by atoms with Crippen LogP contribution in [0, 0.1) is 11.6 Å². The summed E-state index contributed by atoms with van der Waals surface area (Å²) in [6, 6.07) is 5.60. The van der Waals surface area contributed by atoms with E-state index in [2.05, 4.69) is 0 Å². The quantitative estimate of drug-likeness (QED) is 0.521. The molecule has 0 spiro atoms. The van der Waals surface area contributed by atoms with Crippen LogP contribution in [-0.2, 0) is 11.0 Å². The van der Waals surface area contributed by atoms with Crippen molar-refractivity contribution in [3.63, 3.8) is 0 Å². The molecule has 0 aliphatic heterocycles. The van der Waals surface area contributed by atoms with E-state index >= 15 is 0 Å². The first-order chi connectivity index (χ1) is 11.6. The van der Waals surface area contributed by atoms with Crippen molar-refractivity contribution in [3.8, 4) is 17.2 Å². The van der Waals surface area contributed by atoms with Crippen LogP contribution in [0.15, 0.2) is 36.4 Å². The predicted octanol–water partition coefficient (Wildman–Crippen LogP) is 5.31. The highest BCUT2D eigenvalue weighted by Gasteiger charge is 2.33. The van der Waals surface area contributed by atoms with E-state index in [9.17, 15) is 26.7 Å². The molecule has 0 N–H and O–H groups in total. The van der Waals surface area contributed by atoms with Gasteiger partial charge in [-0.05, 0) is 42.8 Å². The number of rotatable bonds is 5. The summed E-state index contributed by atoms with van der Waals surface area (Å²) in [7, 11) is 0. The van der Waals surface area contributed by atoms with Crippen LogP contribution >= 0.6 is 11.6 Å². The minimum atomic E-state index is -4.89. The molecule has 0 saturated heterocycles. The van der Waals surface area contributed by atoms with Crippen LogP contribution < -0.4 is 9.47 Å². The molecule has 0 radical (unpaired) electrons. The van der Waals surface area contributed by atoms with Crippen LogP contribution in [0.25, 0.3) is 0 Å². The van der Waals surface area contributed by atoms with Gasteiger partial charge in [0, 0.05) is 6.07 Å². The van der Waals surface area contributed by atoms with E-state index in [1.54, 1.807) is 0 Å². The number of ether oxygens (including phenoxy) is 2. The minimum Gasteiger partial charge on any atom is -0.481 e. The predicted molar refractivity (Wildman–Crippen MR) is 78.8 cm³/mol. The molecule has 0 amide bonds. The third kappa shape index (κ3) is 4.82. The average molecular weight is 381 g/mol. The zero-order chi connectivity index (χ0) is 18.8. The summed E-state index contributed by atoms with van der Waals surface area (Å²) in [5, 5.41) is -0.758. The van der Waals surface area contributed by atoms with Gasteiger partial charge in [0.1, 0.15) is 11.5 Å². The Morgan fingerprint density at radius 1 is 1.08 bits per heavy atom. The Labute approximate surface area is 143 Å². The van der Waals surface area contributed by atoms with Gasteiger partial charge in [0.25, 0.3) is 5.24 Å². The smallest absolute Gasteiger partial charge is 0.416 e. The third-order valence-electron chi connectivity index (χ3n) is 2.98. The highest BCUT2D eigenvalue weighted by molar-refractivity contribution is 6.64. The maximum absolute atomic E-state index is 13.8. The minimum absolute atomic E-state index is 0.107. The van der Waals surface area contributed by atoms with Gasteiger partial charge in [0.05, 0.1) is 5.56 Å². The number of benzene rings is 2. The lowest BCUT2D eigenvalue weighted by Gasteiger charge is -2.14. The van der Waals surface area contributed by atoms with Gasteiger partial charge in [0.15, 0.2) is 23.5 Å². The van der Waals surface area contributed by atoms with E-state index in [0.29, 0.717) is 0 Å². The van der Waals surface area contributed by atoms with Crippen molar-refractivity contribution in [1.82, 2.24) is 0 Å². The van der Waals surface area contributed by atoms with Crippen LogP contribution in [0.1, 0.15) is 12.5 Å². The Bertz CT molecular complexity index is 769. The molecule has 1 atom stereocenters. The molecule has 0 aromatic heterocycles.